The predicted molar refractivity (Wildman–Crippen MR) is 132 cm³/mol. The highest BCUT2D eigenvalue weighted by atomic mass is 35.5. The Morgan fingerprint density at radius 2 is 1.46 bits per heavy atom. The Bertz CT molecular complexity index is 1230. The largest absolute Gasteiger partial charge is 0.389 e. The zero-order valence-corrected chi connectivity index (χ0v) is 19.6. The Kier molecular flexibility index (Phi) is 7.00. The summed E-state index contributed by atoms with van der Waals surface area (Å²) in [6.45, 7) is 1.34. The molecule has 35 heavy (non-hydrogen) atoms. The maximum absolute atomic E-state index is 15.2. The molecule has 0 aliphatic heterocycles. The number of Topliss-reactive ketones (excluding diaryl/α,β-unsaturated/α-hetero) is 1. The van der Waals surface area contributed by atoms with Gasteiger partial charge < -0.3 is 15.7 Å². The molecule has 0 aromatic heterocycles. The number of ketones is 1. The highest BCUT2D eigenvalue weighted by molar-refractivity contribution is 6.31. The van der Waals surface area contributed by atoms with Crippen molar-refractivity contribution in [2.75, 3.05) is 10.6 Å². The van der Waals surface area contributed by atoms with Gasteiger partial charge in [-0.15, -0.1) is 0 Å². The monoisotopic (exact) mass is 494 g/mol. The van der Waals surface area contributed by atoms with Gasteiger partial charge in [0.05, 0.1) is 11.5 Å². The topological polar surface area (TPSA) is 95.5 Å². The molecule has 3 aromatic rings. The molecule has 8 heteroatoms. The zero-order valence-electron chi connectivity index (χ0n) is 18.9. The number of anilines is 2. The van der Waals surface area contributed by atoms with E-state index in [0.29, 0.717) is 11.4 Å². The van der Waals surface area contributed by atoms with E-state index in [1.165, 1.54) is 19.1 Å². The van der Waals surface area contributed by atoms with Gasteiger partial charge in [0.2, 0.25) is 11.8 Å². The fourth-order valence-corrected chi connectivity index (χ4v) is 5.04. The molecule has 1 aliphatic rings. The molecular formula is C27H24ClFN2O4. The van der Waals surface area contributed by atoms with Gasteiger partial charge in [0, 0.05) is 34.3 Å². The molecule has 4 atom stereocenters. The van der Waals surface area contributed by atoms with Crippen molar-refractivity contribution in [3.8, 4) is 0 Å². The van der Waals surface area contributed by atoms with Crippen molar-refractivity contribution in [3.05, 3.63) is 95.3 Å². The smallest absolute Gasteiger partial charge is 0.235 e. The van der Waals surface area contributed by atoms with Crippen LogP contribution in [-0.2, 0) is 14.4 Å². The minimum absolute atomic E-state index is 0.0458. The first-order chi connectivity index (χ1) is 16.7. The number of nitrogens with one attached hydrogen (secondary N) is 2. The molecule has 4 unspecified atom stereocenters. The molecule has 3 aromatic carbocycles. The lowest BCUT2D eigenvalue weighted by Crippen LogP contribution is -2.56. The van der Waals surface area contributed by atoms with Crippen LogP contribution in [0.2, 0.25) is 5.02 Å². The summed E-state index contributed by atoms with van der Waals surface area (Å²) >= 11 is 6.37. The van der Waals surface area contributed by atoms with Gasteiger partial charge in [-0.25, -0.2) is 4.39 Å². The highest BCUT2D eigenvalue weighted by Gasteiger charge is 2.57. The summed E-state index contributed by atoms with van der Waals surface area (Å²) in [7, 11) is 0. The van der Waals surface area contributed by atoms with E-state index in [0.717, 1.165) is 6.07 Å². The van der Waals surface area contributed by atoms with Crippen molar-refractivity contribution in [2.45, 2.75) is 24.9 Å². The number of carbonyl (C=O) groups is 3. The van der Waals surface area contributed by atoms with E-state index in [9.17, 15) is 19.5 Å². The molecule has 1 aliphatic carbocycles. The molecule has 4 rings (SSSR count). The van der Waals surface area contributed by atoms with Crippen molar-refractivity contribution in [3.63, 3.8) is 0 Å². The summed E-state index contributed by atoms with van der Waals surface area (Å²) in [5.41, 5.74) is -1.14. The fourth-order valence-electron chi connectivity index (χ4n) is 4.75. The first-order valence-corrected chi connectivity index (χ1v) is 11.5. The third-order valence-electron chi connectivity index (χ3n) is 6.25. The standard InChI is InChI=1S/C27H24ClFN2O4/c1-27(35)15-20(32)22(25(33)30-16-9-4-2-5-10-16)23(21-18(28)13-8-14-19(21)29)24(27)26(34)31-17-11-6-3-7-12-17/h2-14,22-24,35H,15H2,1H3,(H,30,33)(H,31,34). The van der Waals surface area contributed by atoms with Gasteiger partial charge in [0.15, 0.2) is 0 Å². The second kappa shape index (κ2) is 9.98. The Morgan fingerprint density at radius 3 is 2.00 bits per heavy atom. The number of hydrogen-bond acceptors (Lipinski definition) is 4. The van der Waals surface area contributed by atoms with Gasteiger partial charge in [-0.3, -0.25) is 14.4 Å². The molecule has 1 fully saturated rings. The average Bonchev–Trinajstić information content (AvgIpc) is 2.79. The average molecular weight is 495 g/mol. The van der Waals surface area contributed by atoms with E-state index in [4.69, 9.17) is 11.6 Å². The summed E-state index contributed by atoms with van der Waals surface area (Å²) in [4.78, 5) is 40.2. The SMILES string of the molecule is CC1(O)CC(=O)C(C(=O)Nc2ccccc2)C(c2c(F)cccc2Cl)C1C(=O)Nc1ccccc1. The number of amides is 2. The fraction of sp³-hybridized carbons (Fsp3) is 0.222. The van der Waals surface area contributed by atoms with Crippen molar-refractivity contribution in [2.24, 2.45) is 11.8 Å². The van der Waals surface area contributed by atoms with Crippen LogP contribution >= 0.6 is 11.6 Å². The number of aliphatic hydroxyl groups is 1. The molecular weight excluding hydrogens is 471 g/mol. The van der Waals surface area contributed by atoms with Gasteiger partial charge in [0.25, 0.3) is 0 Å². The molecule has 0 bridgehead atoms. The second-order valence-electron chi connectivity index (χ2n) is 8.83. The summed E-state index contributed by atoms with van der Waals surface area (Å²) in [5.74, 6) is -6.93. The second-order valence-corrected chi connectivity index (χ2v) is 9.23. The predicted octanol–water partition coefficient (Wildman–Crippen LogP) is 4.80. The molecule has 0 saturated heterocycles. The third kappa shape index (κ3) is 5.11. The Morgan fingerprint density at radius 1 is 0.914 bits per heavy atom. The Hall–Kier alpha value is -3.55. The quantitative estimate of drug-likeness (QED) is 0.444. The van der Waals surface area contributed by atoms with Crippen LogP contribution < -0.4 is 10.6 Å². The van der Waals surface area contributed by atoms with Crippen LogP contribution in [0.3, 0.4) is 0 Å². The van der Waals surface area contributed by atoms with E-state index in [2.05, 4.69) is 10.6 Å². The summed E-state index contributed by atoms with van der Waals surface area (Å²) < 4.78 is 15.2. The summed E-state index contributed by atoms with van der Waals surface area (Å²) in [6.07, 6.45) is -0.463. The number of benzene rings is 3. The van der Waals surface area contributed by atoms with E-state index in [1.54, 1.807) is 60.7 Å². The molecule has 1 saturated carbocycles. The van der Waals surface area contributed by atoms with Crippen molar-refractivity contribution < 1.29 is 23.9 Å². The number of halogens is 2. The van der Waals surface area contributed by atoms with Gasteiger partial charge in [0.1, 0.15) is 17.5 Å². The van der Waals surface area contributed by atoms with E-state index < -0.39 is 53.2 Å². The van der Waals surface area contributed by atoms with E-state index in [1.807, 2.05) is 0 Å². The van der Waals surface area contributed by atoms with Crippen LogP contribution in [0.5, 0.6) is 0 Å². The number of carbonyl (C=O) groups excluding carboxylic acids is 3. The lowest BCUT2D eigenvalue weighted by atomic mass is 9.61. The molecule has 6 nitrogen and oxygen atoms in total. The Balaban J connectivity index is 1.82. The molecule has 0 spiro atoms. The van der Waals surface area contributed by atoms with Crippen LogP contribution in [-0.4, -0.2) is 28.3 Å². The highest BCUT2D eigenvalue weighted by Crippen LogP contribution is 2.49. The first-order valence-electron chi connectivity index (χ1n) is 11.1. The molecule has 0 radical (unpaired) electrons. The van der Waals surface area contributed by atoms with Gasteiger partial charge in [-0.05, 0) is 43.3 Å². The normalized spacial score (nSPS) is 24.0. The Labute approximate surface area is 207 Å². The molecule has 0 heterocycles. The molecule has 180 valence electrons. The zero-order chi connectivity index (χ0) is 25.2. The lowest BCUT2D eigenvalue weighted by Gasteiger charge is -2.44. The van der Waals surface area contributed by atoms with Crippen LogP contribution in [0.1, 0.15) is 24.8 Å². The third-order valence-corrected chi connectivity index (χ3v) is 6.58. The molecule has 2 amide bonds. The van der Waals surface area contributed by atoms with E-state index in [-0.39, 0.29) is 10.6 Å². The van der Waals surface area contributed by atoms with Crippen molar-refractivity contribution in [1.29, 1.82) is 0 Å². The number of para-hydroxylation sites is 2. The maximum atomic E-state index is 15.2. The van der Waals surface area contributed by atoms with Crippen molar-refractivity contribution >= 4 is 40.6 Å². The summed E-state index contributed by atoms with van der Waals surface area (Å²) in [5, 5.41) is 16.6. The van der Waals surface area contributed by atoms with Crippen LogP contribution in [0.25, 0.3) is 0 Å². The van der Waals surface area contributed by atoms with Gasteiger partial charge >= 0.3 is 0 Å². The van der Waals surface area contributed by atoms with Crippen LogP contribution in [0, 0.1) is 17.7 Å². The van der Waals surface area contributed by atoms with E-state index >= 15 is 4.39 Å². The van der Waals surface area contributed by atoms with Gasteiger partial charge in [-0.1, -0.05) is 54.1 Å². The van der Waals surface area contributed by atoms with Crippen LogP contribution in [0.15, 0.2) is 78.9 Å². The van der Waals surface area contributed by atoms with Crippen LogP contribution in [0.4, 0.5) is 15.8 Å². The summed E-state index contributed by atoms with van der Waals surface area (Å²) in [6, 6.07) is 21.0. The minimum Gasteiger partial charge on any atom is -0.389 e. The maximum Gasteiger partial charge on any atom is 0.235 e. The van der Waals surface area contributed by atoms with Gasteiger partial charge in [-0.2, -0.15) is 0 Å². The lowest BCUT2D eigenvalue weighted by molar-refractivity contribution is -0.150. The number of hydrogen-bond donors (Lipinski definition) is 3. The minimum atomic E-state index is -1.87. The molecule has 3 N–H and O–H groups in total. The first kappa shape index (κ1) is 24.6. The van der Waals surface area contributed by atoms with Crippen molar-refractivity contribution in [1.82, 2.24) is 0 Å². The number of rotatable bonds is 5.